The van der Waals surface area contributed by atoms with Crippen molar-refractivity contribution in [1.29, 1.82) is 0 Å². The molecule has 1 N–H and O–H groups in total. The Morgan fingerprint density at radius 2 is 1.81 bits per heavy atom. The standard InChI is InChI=1S/C18H15F3N2O2S/c19-18(20,21)15-2-1-3-16(9-15)26(24,25)23-7-6-13-8-12(4-5-17(13)23)14-10-22-11-14/h1-9,14,22H,10-11H2. The minimum absolute atomic E-state index is 0.392. The SMILES string of the molecule is O=S(=O)(c1cccc(C(F)(F)F)c1)n1ccc2cc(C3CNC3)ccc21. The van der Waals surface area contributed by atoms with Crippen molar-refractivity contribution in [2.75, 3.05) is 13.1 Å². The summed E-state index contributed by atoms with van der Waals surface area (Å²) in [4.78, 5) is -0.392. The van der Waals surface area contributed by atoms with Gasteiger partial charge in [-0.2, -0.15) is 13.2 Å². The third kappa shape index (κ3) is 2.79. The van der Waals surface area contributed by atoms with E-state index in [-0.39, 0.29) is 0 Å². The monoisotopic (exact) mass is 380 g/mol. The number of alkyl halides is 3. The summed E-state index contributed by atoms with van der Waals surface area (Å²) >= 11 is 0. The smallest absolute Gasteiger partial charge is 0.315 e. The van der Waals surface area contributed by atoms with E-state index in [0.29, 0.717) is 17.5 Å². The molecule has 0 aliphatic carbocycles. The van der Waals surface area contributed by atoms with E-state index >= 15 is 0 Å². The van der Waals surface area contributed by atoms with E-state index in [1.807, 2.05) is 12.1 Å². The number of benzene rings is 2. The van der Waals surface area contributed by atoms with E-state index in [9.17, 15) is 21.6 Å². The van der Waals surface area contributed by atoms with Crippen molar-refractivity contribution in [2.45, 2.75) is 17.0 Å². The summed E-state index contributed by atoms with van der Waals surface area (Å²) in [5.74, 6) is 0.405. The van der Waals surface area contributed by atoms with Crippen molar-refractivity contribution in [3.05, 3.63) is 65.9 Å². The zero-order valence-electron chi connectivity index (χ0n) is 13.5. The van der Waals surface area contributed by atoms with Crippen molar-refractivity contribution < 1.29 is 21.6 Å². The largest absolute Gasteiger partial charge is 0.416 e. The molecular weight excluding hydrogens is 365 g/mol. The second-order valence-corrected chi connectivity index (χ2v) is 8.13. The van der Waals surface area contributed by atoms with Gasteiger partial charge in [0.1, 0.15) is 0 Å². The molecule has 0 radical (unpaired) electrons. The summed E-state index contributed by atoms with van der Waals surface area (Å²) < 4.78 is 65.5. The van der Waals surface area contributed by atoms with Crippen LogP contribution in [0.3, 0.4) is 0 Å². The van der Waals surface area contributed by atoms with Crippen LogP contribution >= 0.6 is 0 Å². The summed E-state index contributed by atoms with van der Waals surface area (Å²) in [5, 5.41) is 3.92. The molecule has 1 aromatic heterocycles. The Morgan fingerprint density at radius 3 is 2.46 bits per heavy atom. The van der Waals surface area contributed by atoms with Gasteiger partial charge in [-0.05, 0) is 42.0 Å². The predicted octanol–water partition coefficient (Wildman–Crippen LogP) is 3.58. The molecule has 2 aromatic carbocycles. The zero-order valence-corrected chi connectivity index (χ0v) is 14.3. The van der Waals surface area contributed by atoms with Gasteiger partial charge in [0.15, 0.2) is 0 Å². The molecular formula is C18H15F3N2O2S. The van der Waals surface area contributed by atoms with Gasteiger partial charge in [-0.3, -0.25) is 0 Å². The summed E-state index contributed by atoms with van der Waals surface area (Å²) in [7, 11) is -4.13. The first kappa shape index (κ1) is 17.1. The molecule has 1 aliphatic rings. The number of nitrogens with zero attached hydrogens (tertiary/aromatic N) is 1. The second-order valence-electron chi connectivity index (χ2n) is 6.32. The van der Waals surface area contributed by atoms with E-state index in [2.05, 4.69) is 5.32 Å². The second kappa shape index (κ2) is 5.85. The average Bonchev–Trinajstić information content (AvgIpc) is 2.96. The molecule has 0 saturated carbocycles. The van der Waals surface area contributed by atoms with Crippen molar-refractivity contribution in [3.63, 3.8) is 0 Å². The van der Waals surface area contributed by atoms with Crippen molar-refractivity contribution in [3.8, 4) is 0 Å². The fraction of sp³-hybridized carbons (Fsp3) is 0.222. The lowest BCUT2D eigenvalue weighted by molar-refractivity contribution is -0.137. The highest BCUT2D eigenvalue weighted by molar-refractivity contribution is 7.90. The Bertz CT molecular complexity index is 1080. The molecule has 4 rings (SSSR count). The molecule has 26 heavy (non-hydrogen) atoms. The van der Waals surface area contributed by atoms with Crippen molar-refractivity contribution in [2.24, 2.45) is 0 Å². The van der Waals surface area contributed by atoms with Crippen LogP contribution in [-0.2, 0) is 16.2 Å². The zero-order chi connectivity index (χ0) is 18.5. The lowest BCUT2D eigenvalue weighted by Gasteiger charge is -2.27. The molecule has 8 heteroatoms. The molecule has 0 bridgehead atoms. The van der Waals surface area contributed by atoms with Crippen LogP contribution in [0.15, 0.2) is 59.6 Å². The van der Waals surface area contributed by atoms with E-state index in [0.717, 1.165) is 40.1 Å². The summed E-state index contributed by atoms with van der Waals surface area (Å²) in [6.07, 6.45) is -3.22. The lowest BCUT2D eigenvalue weighted by Crippen LogP contribution is -2.39. The average molecular weight is 380 g/mol. The lowest BCUT2D eigenvalue weighted by atomic mass is 9.93. The maximum Gasteiger partial charge on any atom is 0.416 e. The molecule has 0 spiro atoms. The summed E-state index contributed by atoms with van der Waals surface area (Å²) in [6, 6.07) is 10.9. The minimum atomic E-state index is -4.60. The molecule has 1 aliphatic heterocycles. The van der Waals surface area contributed by atoms with Gasteiger partial charge in [0.2, 0.25) is 0 Å². The number of hydrogen-bond donors (Lipinski definition) is 1. The number of rotatable bonds is 3. The first-order valence-corrected chi connectivity index (χ1v) is 9.45. The van der Waals surface area contributed by atoms with E-state index < -0.39 is 26.7 Å². The molecule has 0 atom stereocenters. The van der Waals surface area contributed by atoms with Gasteiger partial charge >= 0.3 is 6.18 Å². The van der Waals surface area contributed by atoms with Gasteiger partial charge in [0.25, 0.3) is 10.0 Å². The number of aromatic nitrogens is 1. The maximum absolute atomic E-state index is 12.9. The van der Waals surface area contributed by atoms with Crippen LogP contribution in [0, 0.1) is 0 Å². The molecule has 0 unspecified atom stereocenters. The van der Waals surface area contributed by atoms with Gasteiger partial charge in [-0.25, -0.2) is 12.4 Å². The maximum atomic E-state index is 12.9. The van der Waals surface area contributed by atoms with Crippen molar-refractivity contribution >= 4 is 20.9 Å². The molecule has 0 amide bonds. The molecule has 1 saturated heterocycles. The van der Waals surface area contributed by atoms with Crippen LogP contribution < -0.4 is 5.32 Å². The fourth-order valence-corrected chi connectivity index (χ4v) is 4.47. The van der Waals surface area contributed by atoms with Crippen molar-refractivity contribution in [1.82, 2.24) is 9.29 Å². The van der Waals surface area contributed by atoms with Crippen LogP contribution in [0.4, 0.5) is 13.2 Å². The first-order chi connectivity index (χ1) is 12.3. The highest BCUT2D eigenvalue weighted by Gasteiger charge is 2.32. The topological polar surface area (TPSA) is 51.1 Å². The first-order valence-electron chi connectivity index (χ1n) is 8.01. The number of halogens is 3. The van der Waals surface area contributed by atoms with Gasteiger partial charge in [-0.1, -0.05) is 12.1 Å². The molecule has 2 heterocycles. The van der Waals surface area contributed by atoms with E-state index in [1.54, 1.807) is 12.1 Å². The fourth-order valence-electron chi connectivity index (χ4n) is 3.07. The Balaban J connectivity index is 1.79. The molecule has 4 nitrogen and oxygen atoms in total. The molecule has 3 aromatic rings. The molecule has 136 valence electrons. The van der Waals surface area contributed by atoms with Crippen LogP contribution in [0.2, 0.25) is 0 Å². The van der Waals surface area contributed by atoms with Crippen LogP contribution in [-0.4, -0.2) is 25.5 Å². The third-order valence-electron chi connectivity index (χ3n) is 4.65. The Morgan fingerprint density at radius 1 is 1.04 bits per heavy atom. The quantitative estimate of drug-likeness (QED) is 0.756. The minimum Gasteiger partial charge on any atom is -0.315 e. The van der Waals surface area contributed by atoms with Crippen LogP contribution in [0.1, 0.15) is 17.0 Å². The summed E-state index contributed by atoms with van der Waals surface area (Å²) in [6.45, 7) is 1.77. The van der Waals surface area contributed by atoms with E-state index in [1.165, 1.54) is 12.3 Å². The van der Waals surface area contributed by atoms with Gasteiger partial charge in [-0.15, -0.1) is 0 Å². The Labute approximate surface area is 148 Å². The Kier molecular flexibility index (Phi) is 3.85. The Hall–Kier alpha value is -2.32. The number of fused-ring (bicyclic) bond motifs is 1. The summed E-state index contributed by atoms with van der Waals surface area (Å²) in [5.41, 5.74) is 0.568. The highest BCUT2D eigenvalue weighted by atomic mass is 32.2. The number of nitrogens with one attached hydrogen (secondary N) is 1. The van der Waals surface area contributed by atoms with Gasteiger partial charge in [0, 0.05) is 30.6 Å². The van der Waals surface area contributed by atoms with Crippen LogP contribution in [0.5, 0.6) is 0 Å². The van der Waals surface area contributed by atoms with E-state index in [4.69, 9.17) is 0 Å². The molecule has 1 fully saturated rings. The number of hydrogen-bond acceptors (Lipinski definition) is 3. The third-order valence-corrected chi connectivity index (χ3v) is 6.34. The predicted molar refractivity (Wildman–Crippen MR) is 91.6 cm³/mol. The highest BCUT2D eigenvalue weighted by Crippen LogP contribution is 2.32. The van der Waals surface area contributed by atoms with Gasteiger partial charge < -0.3 is 5.32 Å². The van der Waals surface area contributed by atoms with Crippen LogP contribution in [0.25, 0.3) is 10.9 Å². The van der Waals surface area contributed by atoms with Gasteiger partial charge in [0.05, 0.1) is 16.0 Å². The normalized spacial score (nSPS) is 16.0.